The predicted molar refractivity (Wildman–Crippen MR) is 67.6 cm³/mol. The molecule has 0 aliphatic heterocycles. The molecule has 2 rings (SSSR count). The Kier molecular flexibility index (Phi) is 3.53. The molecule has 2 aromatic carbocycles. The van der Waals surface area contributed by atoms with Crippen LogP contribution in [-0.4, -0.2) is 11.1 Å². The summed E-state index contributed by atoms with van der Waals surface area (Å²) in [5, 5.41) is 8.91. The molecule has 3 heteroatoms. The average molecular weight is 242 g/mol. The topological polar surface area (TPSA) is 37.3 Å². The number of aliphatic carboxylic acids is 1. The third-order valence-corrected chi connectivity index (χ3v) is 2.49. The van der Waals surface area contributed by atoms with E-state index >= 15 is 0 Å². The van der Waals surface area contributed by atoms with Crippen LogP contribution >= 0.6 is 0 Å². The molecule has 0 saturated heterocycles. The Morgan fingerprint density at radius 2 is 1.67 bits per heavy atom. The van der Waals surface area contributed by atoms with Crippen LogP contribution in [-0.2, 0) is 4.79 Å². The van der Waals surface area contributed by atoms with Crippen LogP contribution in [0.25, 0.3) is 5.57 Å². The van der Waals surface area contributed by atoms with Crippen molar-refractivity contribution in [1.29, 1.82) is 0 Å². The first-order chi connectivity index (χ1) is 8.66. The Balaban J connectivity index is 2.54. The number of carboxylic acid groups (broad SMARTS) is 1. The molecule has 18 heavy (non-hydrogen) atoms. The summed E-state index contributed by atoms with van der Waals surface area (Å²) in [5.74, 6) is -1.45. The normalized spacial score (nSPS) is 11.3. The van der Waals surface area contributed by atoms with Crippen molar-refractivity contribution in [2.75, 3.05) is 0 Å². The zero-order valence-corrected chi connectivity index (χ0v) is 9.51. The molecular formula is C15H11FO2. The third kappa shape index (κ3) is 2.83. The van der Waals surface area contributed by atoms with E-state index in [-0.39, 0.29) is 5.82 Å². The minimum absolute atomic E-state index is 0.389. The zero-order chi connectivity index (χ0) is 13.0. The molecular weight excluding hydrogens is 231 g/mol. The minimum atomic E-state index is -1.06. The monoisotopic (exact) mass is 242 g/mol. The van der Waals surface area contributed by atoms with Crippen molar-refractivity contribution < 1.29 is 14.3 Å². The number of halogens is 1. The molecule has 2 aromatic rings. The molecule has 0 aromatic heterocycles. The molecule has 1 N–H and O–H groups in total. The highest BCUT2D eigenvalue weighted by Crippen LogP contribution is 2.23. The van der Waals surface area contributed by atoms with Crippen LogP contribution in [0.3, 0.4) is 0 Å². The Bertz CT molecular complexity index is 588. The number of hydrogen-bond acceptors (Lipinski definition) is 1. The van der Waals surface area contributed by atoms with Crippen molar-refractivity contribution in [1.82, 2.24) is 0 Å². The van der Waals surface area contributed by atoms with E-state index in [0.717, 1.165) is 11.6 Å². The van der Waals surface area contributed by atoms with Gasteiger partial charge < -0.3 is 5.11 Å². The molecule has 0 bridgehead atoms. The highest BCUT2D eigenvalue weighted by Gasteiger charge is 2.07. The van der Waals surface area contributed by atoms with Gasteiger partial charge in [0.2, 0.25) is 0 Å². The number of hydrogen-bond donors (Lipinski definition) is 1. The second kappa shape index (κ2) is 5.27. The van der Waals surface area contributed by atoms with Crippen molar-refractivity contribution in [3.05, 3.63) is 77.6 Å². The first-order valence-electron chi connectivity index (χ1n) is 5.43. The molecule has 0 atom stereocenters. The van der Waals surface area contributed by atoms with Gasteiger partial charge in [0.25, 0.3) is 0 Å². The lowest BCUT2D eigenvalue weighted by atomic mass is 9.97. The van der Waals surface area contributed by atoms with Gasteiger partial charge in [0.05, 0.1) is 0 Å². The summed E-state index contributed by atoms with van der Waals surface area (Å²) in [7, 11) is 0. The van der Waals surface area contributed by atoms with Crippen molar-refractivity contribution in [3.8, 4) is 0 Å². The van der Waals surface area contributed by atoms with E-state index < -0.39 is 5.97 Å². The van der Waals surface area contributed by atoms with Crippen molar-refractivity contribution in [3.63, 3.8) is 0 Å². The lowest BCUT2D eigenvalue weighted by molar-refractivity contribution is -0.131. The molecule has 2 nitrogen and oxygen atoms in total. The molecule has 0 unspecified atom stereocenters. The van der Waals surface area contributed by atoms with Crippen LogP contribution in [0, 0.1) is 5.82 Å². The fourth-order valence-electron chi connectivity index (χ4n) is 1.73. The molecule has 0 amide bonds. The number of carbonyl (C=O) groups is 1. The van der Waals surface area contributed by atoms with Gasteiger partial charge in [-0.2, -0.15) is 0 Å². The van der Waals surface area contributed by atoms with E-state index in [4.69, 9.17) is 5.11 Å². The summed E-state index contributed by atoms with van der Waals surface area (Å²) in [6, 6.07) is 14.9. The molecule has 0 fully saturated rings. The second-order valence-corrected chi connectivity index (χ2v) is 3.77. The van der Waals surface area contributed by atoms with Crippen LogP contribution in [0.2, 0.25) is 0 Å². The largest absolute Gasteiger partial charge is 0.478 e. The van der Waals surface area contributed by atoms with Crippen LogP contribution in [0.1, 0.15) is 11.1 Å². The summed E-state index contributed by atoms with van der Waals surface area (Å²) in [6.07, 6.45) is 1.09. The lowest BCUT2D eigenvalue weighted by Gasteiger charge is -2.07. The molecule has 0 radical (unpaired) electrons. The molecule has 0 aliphatic carbocycles. The van der Waals surface area contributed by atoms with E-state index in [9.17, 15) is 9.18 Å². The molecule has 90 valence electrons. The average Bonchev–Trinajstić information content (AvgIpc) is 2.37. The summed E-state index contributed by atoms with van der Waals surface area (Å²) in [4.78, 5) is 10.9. The minimum Gasteiger partial charge on any atom is -0.478 e. The maximum atomic E-state index is 13.2. The predicted octanol–water partition coefficient (Wildman–Crippen LogP) is 3.34. The maximum absolute atomic E-state index is 13.2. The quantitative estimate of drug-likeness (QED) is 0.838. The lowest BCUT2D eigenvalue weighted by Crippen LogP contribution is -1.95. The van der Waals surface area contributed by atoms with Crippen LogP contribution < -0.4 is 0 Å². The molecule has 0 spiro atoms. The molecule has 0 heterocycles. The van der Waals surface area contributed by atoms with Gasteiger partial charge in [0, 0.05) is 6.08 Å². The highest BCUT2D eigenvalue weighted by atomic mass is 19.1. The van der Waals surface area contributed by atoms with E-state index in [2.05, 4.69) is 0 Å². The Labute approximate surface area is 104 Å². The third-order valence-electron chi connectivity index (χ3n) is 2.49. The van der Waals surface area contributed by atoms with Crippen molar-refractivity contribution >= 4 is 11.5 Å². The number of carboxylic acids is 1. The first-order valence-corrected chi connectivity index (χ1v) is 5.43. The Morgan fingerprint density at radius 1 is 1.00 bits per heavy atom. The second-order valence-electron chi connectivity index (χ2n) is 3.77. The molecule has 0 aliphatic rings. The van der Waals surface area contributed by atoms with Crippen molar-refractivity contribution in [2.24, 2.45) is 0 Å². The van der Waals surface area contributed by atoms with Gasteiger partial charge in [-0.05, 0) is 28.8 Å². The van der Waals surface area contributed by atoms with E-state index in [0.29, 0.717) is 11.1 Å². The van der Waals surface area contributed by atoms with Gasteiger partial charge in [-0.25, -0.2) is 9.18 Å². The standard InChI is InChI=1S/C15H11FO2/c16-13-8-4-7-12(9-13)14(10-15(17)18)11-5-2-1-3-6-11/h1-10H,(H,17,18). The molecule has 0 saturated carbocycles. The van der Waals surface area contributed by atoms with Crippen LogP contribution in [0.5, 0.6) is 0 Å². The number of benzene rings is 2. The Morgan fingerprint density at radius 3 is 2.28 bits per heavy atom. The van der Waals surface area contributed by atoms with Gasteiger partial charge in [-0.15, -0.1) is 0 Å². The maximum Gasteiger partial charge on any atom is 0.328 e. The van der Waals surface area contributed by atoms with E-state index in [1.165, 1.54) is 12.1 Å². The summed E-state index contributed by atoms with van der Waals surface area (Å²) in [5.41, 5.74) is 1.77. The summed E-state index contributed by atoms with van der Waals surface area (Å²) in [6.45, 7) is 0. The Hall–Kier alpha value is -2.42. The first kappa shape index (κ1) is 12.0. The summed E-state index contributed by atoms with van der Waals surface area (Å²) >= 11 is 0. The number of rotatable bonds is 3. The van der Waals surface area contributed by atoms with Gasteiger partial charge in [-0.1, -0.05) is 42.5 Å². The fraction of sp³-hybridized carbons (Fsp3) is 0. The van der Waals surface area contributed by atoms with Gasteiger partial charge in [0.1, 0.15) is 5.82 Å². The highest BCUT2D eigenvalue weighted by molar-refractivity contribution is 5.95. The fourth-order valence-corrected chi connectivity index (χ4v) is 1.73. The SMILES string of the molecule is O=C(O)C=C(c1ccccc1)c1cccc(F)c1. The van der Waals surface area contributed by atoms with Gasteiger partial charge in [0.15, 0.2) is 0 Å². The van der Waals surface area contributed by atoms with Crippen LogP contribution in [0.4, 0.5) is 4.39 Å². The van der Waals surface area contributed by atoms with E-state index in [1.807, 2.05) is 18.2 Å². The van der Waals surface area contributed by atoms with Crippen LogP contribution in [0.15, 0.2) is 60.7 Å². The van der Waals surface area contributed by atoms with Gasteiger partial charge in [-0.3, -0.25) is 0 Å². The zero-order valence-electron chi connectivity index (χ0n) is 9.51. The van der Waals surface area contributed by atoms with Crippen molar-refractivity contribution in [2.45, 2.75) is 0 Å². The van der Waals surface area contributed by atoms with Gasteiger partial charge >= 0.3 is 5.97 Å². The smallest absolute Gasteiger partial charge is 0.328 e. The summed E-state index contributed by atoms with van der Waals surface area (Å²) < 4.78 is 13.2. The van der Waals surface area contributed by atoms with E-state index in [1.54, 1.807) is 24.3 Å².